The number of benzene rings is 1. The predicted molar refractivity (Wildman–Crippen MR) is 79.7 cm³/mol. The zero-order chi connectivity index (χ0) is 15.9. The first kappa shape index (κ1) is 15.9. The lowest BCUT2D eigenvalue weighted by Crippen LogP contribution is -2.33. The van der Waals surface area contributed by atoms with E-state index < -0.39 is 27.1 Å². The molecule has 21 heavy (non-hydrogen) atoms. The number of nitrogens with two attached hydrogens (primary N) is 1. The normalized spacial score (nSPS) is 19.1. The van der Waals surface area contributed by atoms with Crippen molar-refractivity contribution < 1.29 is 23.1 Å². The van der Waals surface area contributed by atoms with Gasteiger partial charge in [0.15, 0.2) is 0 Å². The number of carbonyl (C=O) groups is 2. The third-order valence-corrected chi connectivity index (χ3v) is 5.02. The third kappa shape index (κ3) is 3.09. The Morgan fingerprint density at radius 2 is 2.10 bits per heavy atom. The first-order valence-electron chi connectivity index (χ1n) is 5.96. The number of aromatic carboxylic acids is 1. The molecule has 1 unspecified atom stereocenters. The number of sulfonamides is 1. The van der Waals surface area contributed by atoms with Crippen LogP contribution in [0.5, 0.6) is 0 Å². The summed E-state index contributed by atoms with van der Waals surface area (Å²) in [5.74, 6) is -1.65. The molecule has 1 fully saturated rings. The summed E-state index contributed by atoms with van der Waals surface area (Å²) < 4.78 is 23.3. The van der Waals surface area contributed by atoms with Gasteiger partial charge in [-0.15, -0.1) is 0 Å². The molecule has 9 heteroatoms. The summed E-state index contributed by atoms with van der Waals surface area (Å²) in [7, 11) is -3.85. The largest absolute Gasteiger partial charge is 0.478 e. The van der Waals surface area contributed by atoms with Gasteiger partial charge in [0.25, 0.3) is 0 Å². The lowest BCUT2D eigenvalue weighted by molar-refractivity contribution is -0.117. The molecule has 1 heterocycles. The number of amides is 1. The Labute approximate surface area is 129 Å². The van der Waals surface area contributed by atoms with E-state index in [1.807, 2.05) is 0 Å². The molecule has 2 rings (SSSR count). The van der Waals surface area contributed by atoms with E-state index in [2.05, 4.69) is 15.9 Å². The molecular weight excluding hydrogens is 364 g/mol. The molecule has 0 spiro atoms. The molecule has 1 aliphatic heterocycles. The van der Waals surface area contributed by atoms with Gasteiger partial charge in [0, 0.05) is 17.4 Å². The summed E-state index contributed by atoms with van der Waals surface area (Å²) in [6.07, 6.45) is -0.243. The molecule has 1 atom stereocenters. The summed E-state index contributed by atoms with van der Waals surface area (Å²) in [6, 6.07) is 3.04. The van der Waals surface area contributed by atoms with Crippen LogP contribution in [0.2, 0.25) is 0 Å². The van der Waals surface area contributed by atoms with Crippen molar-refractivity contribution in [3.63, 3.8) is 0 Å². The number of hydrogen-bond donors (Lipinski definition) is 2. The molecule has 1 aromatic carbocycles. The smallest absolute Gasteiger partial charge is 0.337 e. The van der Waals surface area contributed by atoms with Gasteiger partial charge in [-0.25, -0.2) is 18.4 Å². The van der Waals surface area contributed by atoms with Crippen LogP contribution in [0.1, 0.15) is 22.3 Å². The molecule has 3 N–H and O–H groups in total. The number of nitrogens with zero attached hydrogens (tertiary/aromatic N) is 1. The number of aryl methyl sites for hydroxylation is 1. The van der Waals surface area contributed by atoms with Crippen LogP contribution >= 0.6 is 15.9 Å². The first-order valence-corrected chi connectivity index (χ1v) is 8.37. The number of halogens is 1. The topological polar surface area (TPSA) is 118 Å². The van der Waals surface area contributed by atoms with Crippen molar-refractivity contribution in [2.45, 2.75) is 18.6 Å². The quantitative estimate of drug-likeness (QED) is 0.810. The van der Waals surface area contributed by atoms with Crippen LogP contribution in [0.25, 0.3) is 0 Å². The van der Waals surface area contributed by atoms with Crippen molar-refractivity contribution in [2.24, 2.45) is 5.14 Å². The molecule has 1 aromatic rings. The van der Waals surface area contributed by atoms with Gasteiger partial charge < -0.3 is 10.0 Å². The average Bonchev–Trinajstić information content (AvgIpc) is 2.70. The molecule has 114 valence electrons. The number of carbonyl (C=O) groups excluding carboxylic acids is 1. The van der Waals surface area contributed by atoms with E-state index in [9.17, 15) is 23.1 Å². The van der Waals surface area contributed by atoms with Gasteiger partial charge >= 0.3 is 5.97 Å². The summed E-state index contributed by atoms with van der Waals surface area (Å²) in [4.78, 5) is 24.6. The van der Waals surface area contributed by atoms with E-state index in [0.717, 1.165) is 0 Å². The number of carboxylic acids is 1. The highest BCUT2D eigenvalue weighted by molar-refractivity contribution is 9.10. The van der Waals surface area contributed by atoms with Crippen molar-refractivity contribution in [3.05, 3.63) is 27.7 Å². The highest BCUT2D eigenvalue weighted by Crippen LogP contribution is 2.33. The standard InChI is InChI=1S/C12H13BrN2O5S/c1-6-2-7(13)3-9(12(17)18)11(6)15-5-8(4-10(15)16)21(14,19)20/h2-3,8H,4-5H2,1H3,(H,17,18)(H2,14,19,20). The van der Waals surface area contributed by atoms with Crippen molar-refractivity contribution in [2.75, 3.05) is 11.4 Å². The van der Waals surface area contributed by atoms with Crippen LogP contribution in [0, 0.1) is 6.92 Å². The predicted octanol–water partition coefficient (Wildman–Crippen LogP) is 0.850. The van der Waals surface area contributed by atoms with E-state index in [-0.39, 0.29) is 24.2 Å². The third-order valence-electron chi connectivity index (χ3n) is 3.32. The van der Waals surface area contributed by atoms with Gasteiger partial charge in [0.05, 0.1) is 11.3 Å². The van der Waals surface area contributed by atoms with Gasteiger partial charge in [-0.2, -0.15) is 0 Å². The van der Waals surface area contributed by atoms with E-state index >= 15 is 0 Å². The highest BCUT2D eigenvalue weighted by atomic mass is 79.9. The second-order valence-corrected chi connectivity index (χ2v) is 7.60. The fourth-order valence-corrected chi connectivity index (χ4v) is 3.67. The number of carboxylic acid groups (broad SMARTS) is 1. The molecule has 0 bridgehead atoms. The second kappa shape index (κ2) is 5.39. The Kier molecular flexibility index (Phi) is 4.09. The van der Waals surface area contributed by atoms with Gasteiger partial charge in [-0.05, 0) is 24.6 Å². The molecular formula is C12H13BrN2O5S. The minimum atomic E-state index is -3.85. The fraction of sp³-hybridized carbons (Fsp3) is 0.333. The lowest BCUT2D eigenvalue weighted by atomic mass is 10.1. The summed E-state index contributed by atoms with van der Waals surface area (Å²) >= 11 is 3.20. The van der Waals surface area contributed by atoms with Crippen LogP contribution in [-0.4, -0.2) is 37.2 Å². The molecule has 0 aliphatic carbocycles. The summed E-state index contributed by atoms with van der Waals surface area (Å²) in [6.45, 7) is 1.52. The van der Waals surface area contributed by atoms with E-state index in [0.29, 0.717) is 10.0 Å². The van der Waals surface area contributed by atoms with Gasteiger partial charge in [-0.3, -0.25) is 4.79 Å². The monoisotopic (exact) mass is 376 g/mol. The van der Waals surface area contributed by atoms with Gasteiger partial charge in [0.1, 0.15) is 5.25 Å². The number of hydrogen-bond acceptors (Lipinski definition) is 4. The lowest BCUT2D eigenvalue weighted by Gasteiger charge is -2.21. The Morgan fingerprint density at radius 1 is 1.48 bits per heavy atom. The van der Waals surface area contributed by atoms with E-state index in [1.54, 1.807) is 13.0 Å². The minimum absolute atomic E-state index is 0.0645. The maximum absolute atomic E-state index is 12.0. The van der Waals surface area contributed by atoms with Crippen molar-refractivity contribution >= 4 is 43.5 Å². The Hall–Kier alpha value is -1.45. The molecule has 7 nitrogen and oxygen atoms in total. The van der Waals surface area contributed by atoms with E-state index in [4.69, 9.17) is 5.14 Å². The molecule has 0 radical (unpaired) electrons. The van der Waals surface area contributed by atoms with E-state index in [1.165, 1.54) is 11.0 Å². The summed E-state index contributed by atoms with van der Waals surface area (Å²) in [5, 5.41) is 13.3. The number of rotatable bonds is 3. The van der Waals surface area contributed by atoms with Crippen LogP contribution in [0.4, 0.5) is 5.69 Å². The van der Waals surface area contributed by atoms with Crippen molar-refractivity contribution in [1.29, 1.82) is 0 Å². The zero-order valence-corrected chi connectivity index (χ0v) is 13.4. The zero-order valence-electron chi connectivity index (χ0n) is 11.0. The van der Waals surface area contributed by atoms with Gasteiger partial charge in [0.2, 0.25) is 15.9 Å². The Morgan fingerprint density at radius 3 is 2.57 bits per heavy atom. The fourth-order valence-electron chi connectivity index (χ4n) is 2.37. The number of anilines is 1. The SMILES string of the molecule is Cc1cc(Br)cc(C(=O)O)c1N1CC(S(N)(=O)=O)CC1=O. The highest BCUT2D eigenvalue weighted by Gasteiger charge is 2.39. The Bertz CT molecular complexity index is 731. The van der Waals surface area contributed by atoms with Crippen LogP contribution < -0.4 is 10.0 Å². The Balaban J connectivity index is 2.53. The first-order chi connectivity index (χ1) is 9.61. The van der Waals surface area contributed by atoms with Gasteiger partial charge in [-0.1, -0.05) is 15.9 Å². The van der Waals surface area contributed by atoms with Crippen LogP contribution in [0.15, 0.2) is 16.6 Å². The van der Waals surface area contributed by atoms with Crippen molar-refractivity contribution in [3.8, 4) is 0 Å². The van der Waals surface area contributed by atoms with Crippen LogP contribution in [0.3, 0.4) is 0 Å². The van der Waals surface area contributed by atoms with Crippen molar-refractivity contribution in [1.82, 2.24) is 0 Å². The molecule has 1 aliphatic rings. The summed E-state index contributed by atoms with van der Waals surface area (Å²) in [5.41, 5.74) is 0.706. The maximum Gasteiger partial charge on any atom is 0.337 e. The maximum atomic E-state index is 12.0. The van der Waals surface area contributed by atoms with Crippen LogP contribution in [-0.2, 0) is 14.8 Å². The molecule has 1 saturated heterocycles. The molecule has 0 aromatic heterocycles. The minimum Gasteiger partial charge on any atom is -0.478 e. The molecule has 1 amide bonds. The number of primary sulfonamides is 1. The average molecular weight is 377 g/mol. The molecule has 0 saturated carbocycles. The second-order valence-electron chi connectivity index (χ2n) is 4.84.